The molecule has 1 nitrogen and oxygen atoms in total. The van der Waals surface area contributed by atoms with E-state index in [2.05, 4.69) is 15.9 Å². The first-order chi connectivity index (χ1) is 5.83. The van der Waals surface area contributed by atoms with E-state index in [4.69, 9.17) is 4.74 Å². The van der Waals surface area contributed by atoms with Gasteiger partial charge in [-0.25, -0.2) is 0 Å². The second-order valence-corrected chi connectivity index (χ2v) is 4.91. The topological polar surface area (TPSA) is 9.23 Å². The van der Waals surface area contributed by atoms with Gasteiger partial charge in [0.1, 0.15) is 0 Å². The molecular weight excluding hydrogens is 216 g/mol. The van der Waals surface area contributed by atoms with E-state index in [1.54, 1.807) is 0 Å². The van der Waals surface area contributed by atoms with Crippen molar-refractivity contribution < 1.29 is 4.74 Å². The molecule has 0 aliphatic heterocycles. The minimum absolute atomic E-state index is 0.564. The molecular formula is C10H17BrO. The largest absolute Gasteiger partial charge is 0.381 e. The first kappa shape index (κ1) is 9.01. The molecule has 70 valence electrons. The number of hydrogen-bond donors (Lipinski definition) is 0. The highest BCUT2D eigenvalue weighted by molar-refractivity contribution is 9.09. The van der Waals surface area contributed by atoms with Crippen LogP contribution in [0.2, 0.25) is 0 Å². The second kappa shape index (κ2) is 3.30. The molecule has 0 saturated heterocycles. The molecule has 0 aromatic rings. The van der Waals surface area contributed by atoms with Crippen LogP contribution in [-0.4, -0.2) is 18.5 Å². The van der Waals surface area contributed by atoms with Crippen molar-refractivity contribution in [3.8, 4) is 0 Å². The zero-order valence-corrected chi connectivity index (χ0v) is 9.27. The third-order valence-electron chi connectivity index (χ3n) is 3.75. The minimum Gasteiger partial charge on any atom is -0.381 e. The monoisotopic (exact) mass is 232 g/mol. The van der Waals surface area contributed by atoms with E-state index in [9.17, 15) is 0 Å². The Labute approximate surface area is 83.0 Å². The van der Waals surface area contributed by atoms with Crippen molar-refractivity contribution in [3.05, 3.63) is 0 Å². The van der Waals surface area contributed by atoms with Crippen LogP contribution in [-0.2, 0) is 4.74 Å². The van der Waals surface area contributed by atoms with E-state index in [1.807, 2.05) is 7.11 Å². The lowest BCUT2D eigenvalue weighted by Gasteiger charge is -2.31. The van der Waals surface area contributed by atoms with Gasteiger partial charge >= 0.3 is 0 Å². The minimum atomic E-state index is 0.564. The van der Waals surface area contributed by atoms with E-state index in [0.29, 0.717) is 11.5 Å². The van der Waals surface area contributed by atoms with Crippen molar-refractivity contribution in [2.24, 2.45) is 11.3 Å². The summed E-state index contributed by atoms with van der Waals surface area (Å²) in [5.41, 5.74) is 0.594. The maximum absolute atomic E-state index is 5.58. The molecule has 2 aliphatic rings. The standard InChI is InChI=1S/C10H17BrO/c1-12-9-4-2-3-5-10(9)6-8(10)7-11/h8-9H,2-7H2,1H3. The van der Waals surface area contributed by atoms with Crippen molar-refractivity contribution in [1.82, 2.24) is 0 Å². The molecule has 0 amide bonds. The van der Waals surface area contributed by atoms with Gasteiger partial charge in [0, 0.05) is 17.9 Å². The summed E-state index contributed by atoms with van der Waals surface area (Å²) >= 11 is 3.59. The van der Waals surface area contributed by atoms with Crippen LogP contribution in [0.3, 0.4) is 0 Å². The van der Waals surface area contributed by atoms with E-state index in [1.165, 1.54) is 37.4 Å². The van der Waals surface area contributed by atoms with Crippen LogP contribution in [0.25, 0.3) is 0 Å². The van der Waals surface area contributed by atoms with Crippen molar-refractivity contribution in [1.29, 1.82) is 0 Å². The summed E-state index contributed by atoms with van der Waals surface area (Å²) in [6.07, 6.45) is 7.45. The van der Waals surface area contributed by atoms with E-state index in [0.717, 1.165) is 5.92 Å². The Balaban J connectivity index is 2.02. The first-order valence-electron chi connectivity index (χ1n) is 4.92. The summed E-state index contributed by atoms with van der Waals surface area (Å²) in [5, 5.41) is 1.17. The molecule has 12 heavy (non-hydrogen) atoms. The number of ether oxygens (including phenoxy) is 1. The van der Waals surface area contributed by atoms with Crippen LogP contribution in [0, 0.1) is 11.3 Å². The number of alkyl halides is 1. The molecule has 0 aromatic carbocycles. The van der Waals surface area contributed by atoms with Crippen molar-refractivity contribution >= 4 is 15.9 Å². The number of hydrogen-bond acceptors (Lipinski definition) is 1. The molecule has 2 aliphatic carbocycles. The van der Waals surface area contributed by atoms with Crippen LogP contribution < -0.4 is 0 Å². The van der Waals surface area contributed by atoms with Gasteiger partial charge in [-0.3, -0.25) is 0 Å². The highest BCUT2D eigenvalue weighted by Crippen LogP contribution is 2.62. The molecule has 0 aromatic heterocycles. The van der Waals surface area contributed by atoms with Gasteiger partial charge in [0.25, 0.3) is 0 Å². The molecule has 1 spiro atoms. The number of halogens is 1. The van der Waals surface area contributed by atoms with E-state index < -0.39 is 0 Å². The van der Waals surface area contributed by atoms with Crippen LogP contribution in [0.1, 0.15) is 32.1 Å². The van der Waals surface area contributed by atoms with Gasteiger partial charge in [0.15, 0.2) is 0 Å². The predicted molar refractivity (Wildman–Crippen MR) is 53.6 cm³/mol. The molecule has 2 heteroatoms. The number of methoxy groups -OCH3 is 1. The van der Waals surface area contributed by atoms with Gasteiger partial charge in [-0.1, -0.05) is 28.8 Å². The molecule has 0 N–H and O–H groups in total. The average molecular weight is 233 g/mol. The Kier molecular flexibility index (Phi) is 2.48. The highest BCUT2D eigenvalue weighted by Gasteiger charge is 2.58. The molecule has 2 saturated carbocycles. The Morgan fingerprint density at radius 2 is 2.33 bits per heavy atom. The second-order valence-electron chi connectivity index (χ2n) is 4.26. The lowest BCUT2D eigenvalue weighted by atomic mass is 9.82. The van der Waals surface area contributed by atoms with E-state index >= 15 is 0 Å². The van der Waals surface area contributed by atoms with Crippen LogP contribution in [0.15, 0.2) is 0 Å². The summed E-state index contributed by atoms with van der Waals surface area (Å²) in [6.45, 7) is 0. The highest BCUT2D eigenvalue weighted by atomic mass is 79.9. The first-order valence-corrected chi connectivity index (χ1v) is 6.04. The zero-order chi connectivity index (χ0) is 8.60. The third kappa shape index (κ3) is 1.24. The molecule has 0 heterocycles. The normalized spacial score (nSPS) is 46.5. The van der Waals surface area contributed by atoms with Gasteiger partial charge in [-0.15, -0.1) is 0 Å². The van der Waals surface area contributed by atoms with Gasteiger partial charge in [0.05, 0.1) is 6.10 Å². The SMILES string of the molecule is COC1CCCCC12CC2CBr. The average Bonchev–Trinajstić information content (AvgIpc) is 2.81. The third-order valence-corrected chi connectivity index (χ3v) is 4.53. The van der Waals surface area contributed by atoms with Crippen LogP contribution in [0.4, 0.5) is 0 Å². The Morgan fingerprint density at radius 1 is 1.50 bits per heavy atom. The van der Waals surface area contributed by atoms with Crippen molar-refractivity contribution in [2.45, 2.75) is 38.2 Å². The fraction of sp³-hybridized carbons (Fsp3) is 1.00. The molecule has 3 unspecified atom stereocenters. The van der Waals surface area contributed by atoms with Crippen LogP contribution in [0.5, 0.6) is 0 Å². The Hall–Kier alpha value is 0.440. The van der Waals surface area contributed by atoms with Crippen molar-refractivity contribution in [3.63, 3.8) is 0 Å². The summed E-state index contributed by atoms with van der Waals surface area (Å²) in [5.74, 6) is 0.905. The summed E-state index contributed by atoms with van der Waals surface area (Å²) < 4.78 is 5.58. The van der Waals surface area contributed by atoms with Gasteiger partial charge in [-0.2, -0.15) is 0 Å². The number of rotatable bonds is 2. The molecule has 0 radical (unpaired) electrons. The predicted octanol–water partition coefficient (Wildman–Crippen LogP) is 2.98. The maximum Gasteiger partial charge on any atom is 0.0630 e. The van der Waals surface area contributed by atoms with Gasteiger partial charge in [0.2, 0.25) is 0 Å². The van der Waals surface area contributed by atoms with Crippen LogP contribution >= 0.6 is 15.9 Å². The zero-order valence-electron chi connectivity index (χ0n) is 7.68. The smallest absolute Gasteiger partial charge is 0.0630 e. The molecule has 0 bridgehead atoms. The lowest BCUT2D eigenvalue weighted by molar-refractivity contribution is 0.00461. The lowest BCUT2D eigenvalue weighted by Crippen LogP contribution is -2.30. The Bertz CT molecular complexity index is 171. The molecule has 2 fully saturated rings. The fourth-order valence-electron chi connectivity index (χ4n) is 2.89. The van der Waals surface area contributed by atoms with Gasteiger partial charge < -0.3 is 4.74 Å². The fourth-order valence-corrected chi connectivity index (χ4v) is 3.77. The van der Waals surface area contributed by atoms with Gasteiger partial charge in [-0.05, 0) is 25.2 Å². The molecule has 2 rings (SSSR count). The maximum atomic E-state index is 5.58. The summed E-state index contributed by atoms with van der Waals surface area (Å²) in [6, 6.07) is 0. The van der Waals surface area contributed by atoms with Crippen molar-refractivity contribution in [2.75, 3.05) is 12.4 Å². The quantitative estimate of drug-likeness (QED) is 0.666. The summed E-state index contributed by atoms with van der Waals surface area (Å²) in [4.78, 5) is 0. The summed E-state index contributed by atoms with van der Waals surface area (Å²) in [7, 11) is 1.88. The van der Waals surface area contributed by atoms with E-state index in [-0.39, 0.29) is 0 Å². The Morgan fingerprint density at radius 3 is 2.92 bits per heavy atom. The molecule has 3 atom stereocenters.